The Morgan fingerprint density at radius 3 is 2.58 bits per heavy atom. The largest absolute Gasteiger partial charge is 0.353 e. The predicted molar refractivity (Wildman–Crippen MR) is 76.4 cm³/mol. The molecule has 0 aliphatic carbocycles. The van der Waals surface area contributed by atoms with Crippen LogP contribution in [0.2, 0.25) is 0 Å². The molecule has 0 unspecified atom stereocenters. The molecule has 1 aliphatic heterocycles. The second kappa shape index (κ2) is 5.37. The Morgan fingerprint density at radius 1 is 1.11 bits per heavy atom. The van der Waals surface area contributed by atoms with Crippen LogP contribution in [0.5, 0.6) is 0 Å². The van der Waals surface area contributed by atoms with Crippen LogP contribution >= 0.6 is 11.3 Å². The van der Waals surface area contributed by atoms with Gasteiger partial charge in [-0.3, -0.25) is 0 Å². The van der Waals surface area contributed by atoms with E-state index in [1.54, 1.807) is 11.3 Å². The maximum Gasteiger partial charge on any atom is 0.185 e. The Kier molecular flexibility index (Phi) is 3.43. The lowest BCUT2D eigenvalue weighted by Crippen LogP contribution is -2.46. The van der Waals surface area contributed by atoms with Gasteiger partial charge >= 0.3 is 0 Å². The third kappa shape index (κ3) is 2.59. The van der Waals surface area contributed by atoms with Crippen molar-refractivity contribution >= 4 is 28.1 Å². The van der Waals surface area contributed by atoms with Crippen molar-refractivity contribution in [1.29, 1.82) is 0 Å². The summed E-state index contributed by atoms with van der Waals surface area (Å²) in [5.41, 5.74) is 2.54. The maximum absolute atomic E-state index is 5.36. The predicted octanol–water partition coefficient (Wildman–Crippen LogP) is 0.545. The fourth-order valence-corrected chi connectivity index (χ4v) is 2.79. The molecule has 19 heavy (non-hydrogen) atoms. The van der Waals surface area contributed by atoms with E-state index in [0.717, 1.165) is 37.1 Å². The average Bonchev–Trinajstić information content (AvgIpc) is 3.02. The van der Waals surface area contributed by atoms with Crippen LogP contribution in [0, 0.1) is 0 Å². The van der Waals surface area contributed by atoms with Gasteiger partial charge in [0.05, 0.1) is 0 Å². The molecule has 1 aliphatic rings. The van der Waals surface area contributed by atoms with Gasteiger partial charge in [0.15, 0.2) is 5.13 Å². The normalized spacial score (nSPS) is 15.6. The molecule has 0 atom stereocenters. The van der Waals surface area contributed by atoms with Crippen LogP contribution in [0.4, 0.5) is 16.8 Å². The number of rotatable bonds is 3. The third-order valence-corrected chi connectivity index (χ3v) is 3.93. The summed E-state index contributed by atoms with van der Waals surface area (Å²) in [7, 11) is 0. The highest BCUT2D eigenvalue weighted by Crippen LogP contribution is 2.21. The second-order valence-electron chi connectivity index (χ2n) is 4.19. The Bertz CT molecular complexity index is 522. The summed E-state index contributed by atoms with van der Waals surface area (Å²) < 4.78 is 0. The molecular weight excluding hydrogens is 262 g/mol. The van der Waals surface area contributed by atoms with E-state index in [4.69, 9.17) is 5.84 Å². The van der Waals surface area contributed by atoms with Crippen LogP contribution < -0.4 is 21.1 Å². The lowest BCUT2D eigenvalue weighted by molar-refractivity contribution is 0.645. The van der Waals surface area contributed by atoms with E-state index in [-0.39, 0.29) is 0 Å². The number of anilines is 3. The summed E-state index contributed by atoms with van der Waals surface area (Å²) in [5, 5.41) is 3.09. The van der Waals surface area contributed by atoms with E-state index in [1.165, 1.54) is 6.33 Å². The molecule has 8 heteroatoms. The lowest BCUT2D eigenvalue weighted by Gasteiger charge is -2.35. The Hall–Kier alpha value is -1.93. The summed E-state index contributed by atoms with van der Waals surface area (Å²) >= 11 is 1.68. The Morgan fingerprint density at radius 2 is 1.89 bits per heavy atom. The minimum atomic E-state index is 0.632. The number of thiazole rings is 1. The van der Waals surface area contributed by atoms with E-state index in [2.05, 4.69) is 30.2 Å². The zero-order chi connectivity index (χ0) is 13.1. The summed E-state index contributed by atoms with van der Waals surface area (Å²) in [5.74, 6) is 6.90. The van der Waals surface area contributed by atoms with Crippen molar-refractivity contribution in [2.45, 2.75) is 0 Å². The first-order valence-corrected chi connectivity index (χ1v) is 6.93. The number of nitrogens with two attached hydrogens (primary N) is 1. The van der Waals surface area contributed by atoms with Gasteiger partial charge in [0.2, 0.25) is 0 Å². The first-order valence-electron chi connectivity index (χ1n) is 6.05. The first-order chi connectivity index (χ1) is 9.36. The first kappa shape index (κ1) is 12.1. The fraction of sp³-hybridized carbons (Fsp3) is 0.364. The molecule has 0 bridgehead atoms. The molecule has 0 saturated carbocycles. The molecule has 0 aromatic carbocycles. The van der Waals surface area contributed by atoms with Gasteiger partial charge in [0, 0.05) is 43.8 Å². The number of nitrogens with zero attached hydrogens (tertiary/aromatic N) is 5. The van der Waals surface area contributed by atoms with E-state index in [0.29, 0.717) is 5.82 Å². The van der Waals surface area contributed by atoms with Crippen molar-refractivity contribution in [3.8, 4) is 0 Å². The van der Waals surface area contributed by atoms with Gasteiger partial charge in [-0.25, -0.2) is 20.8 Å². The standard InChI is InChI=1S/C11H15N7S/c12-16-9-7-10(15-8-14-9)17-2-4-18(5-3-17)11-13-1-6-19-11/h1,6-8H,2-5,12H2,(H,14,15,16). The van der Waals surface area contributed by atoms with E-state index in [9.17, 15) is 0 Å². The van der Waals surface area contributed by atoms with Crippen molar-refractivity contribution in [1.82, 2.24) is 15.0 Å². The van der Waals surface area contributed by atoms with E-state index >= 15 is 0 Å². The second-order valence-corrected chi connectivity index (χ2v) is 5.07. The minimum Gasteiger partial charge on any atom is -0.353 e. The van der Waals surface area contributed by atoms with Gasteiger partial charge < -0.3 is 15.2 Å². The van der Waals surface area contributed by atoms with Crippen molar-refractivity contribution in [2.24, 2.45) is 5.84 Å². The van der Waals surface area contributed by atoms with Crippen LogP contribution in [-0.4, -0.2) is 41.1 Å². The molecule has 2 aromatic heterocycles. The average molecular weight is 277 g/mol. The summed E-state index contributed by atoms with van der Waals surface area (Å²) in [6.07, 6.45) is 3.37. The van der Waals surface area contributed by atoms with Gasteiger partial charge in [0.1, 0.15) is 18.0 Å². The van der Waals surface area contributed by atoms with Gasteiger partial charge in [-0.1, -0.05) is 0 Å². The topological polar surface area (TPSA) is 83.2 Å². The van der Waals surface area contributed by atoms with Crippen LogP contribution in [0.1, 0.15) is 0 Å². The van der Waals surface area contributed by atoms with Crippen LogP contribution in [0.15, 0.2) is 24.0 Å². The maximum atomic E-state index is 5.36. The van der Waals surface area contributed by atoms with Crippen LogP contribution in [0.3, 0.4) is 0 Å². The van der Waals surface area contributed by atoms with Crippen molar-refractivity contribution in [3.05, 3.63) is 24.0 Å². The number of nitrogen functional groups attached to an aromatic ring is 1. The molecule has 2 aromatic rings. The Balaban J connectivity index is 1.66. The molecule has 0 amide bonds. The molecular formula is C11H15N7S. The quantitative estimate of drug-likeness (QED) is 0.626. The third-order valence-electron chi connectivity index (χ3n) is 3.09. The minimum absolute atomic E-state index is 0.632. The molecule has 100 valence electrons. The molecule has 7 nitrogen and oxygen atoms in total. The van der Waals surface area contributed by atoms with Crippen LogP contribution in [0.25, 0.3) is 0 Å². The van der Waals surface area contributed by atoms with Crippen molar-refractivity contribution < 1.29 is 0 Å². The van der Waals surface area contributed by atoms with Crippen LogP contribution in [-0.2, 0) is 0 Å². The zero-order valence-corrected chi connectivity index (χ0v) is 11.2. The molecule has 1 saturated heterocycles. The van der Waals surface area contributed by atoms with Gasteiger partial charge in [-0.15, -0.1) is 11.3 Å². The molecule has 3 rings (SSSR count). The number of piperazine rings is 1. The number of hydrogen-bond donors (Lipinski definition) is 2. The highest BCUT2D eigenvalue weighted by molar-refractivity contribution is 7.13. The number of aromatic nitrogens is 3. The highest BCUT2D eigenvalue weighted by Gasteiger charge is 2.19. The van der Waals surface area contributed by atoms with Gasteiger partial charge in [-0.2, -0.15) is 0 Å². The van der Waals surface area contributed by atoms with E-state index < -0.39 is 0 Å². The molecule has 1 fully saturated rings. The number of nitrogens with one attached hydrogen (secondary N) is 1. The fourth-order valence-electron chi connectivity index (χ4n) is 2.10. The zero-order valence-electron chi connectivity index (χ0n) is 10.4. The van der Waals surface area contributed by atoms with Crippen molar-refractivity contribution in [3.63, 3.8) is 0 Å². The number of hydrazine groups is 1. The summed E-state index contributed by atoms with van der Waals surface area (Å²) in [4.78, 5) is 17.2. The van der Waals surface area contributed by atoms with E-state index in [1.807, 2.05) is 17.6 Å². The SMILES string of the molecule is NNc1cc(N2CCN(c3nccs3)CC2)ncn1. The molecule has 0 radical (unpaired) electrons. The molecule has 3 N–H and O–H groups in total. The summed E-state index contributed by atoms with van der Waals surface area (Å²) in [6.45, 7) is 3.73. The molecule has 0 spiro atoms. The molecule has 3 heterocycles. The number of hydrogen-bond acceptors (Lipinski definition) is 8. The van der Waals surface area contributed by atoms with Gasteiger partial charge in [-0.05, 0) is 0 Å². The van der Waals surface area contributed by atoms with Crippen molar-refractivity contribution in [2.75, 3.05) is 41.4 Å². The monoisotopic (exact) mass is 277 g/mol. The smallest absolute Gasteiger partial charge is 0.185 e. The van der Waals surface area contributed by atoms with Gasteiger partial charge in [0.25, 0.3) is 0 Å². The summed E-state index contributed by atoms with van der Waals surface area (Å²) in [6, 6.07) is 1.86. The Labute approximate surface area is 115 Å². The lowest BCUT2D eigenvalue weighted by atomic mass is 10.3. The highest BCUT2D eigenvalue weighted by atomic mass is 32.1.